The molecule has 7 N–H and O–H groups in total. The van der Waals surface area contributed by atoms with E-state index in [0.717, 1.165) is 5.56 Å². The van der Waals surface area contributed by atoms with Crippen molar-refractivity contribution in [1.29, 1.82) is 0 Å². The monoisotopic (exact) mass is 418 g/mol. The molecular formula is C24H24N3O4+3. The molecule has 7 nitrogen and oxygen atoms in total. The maximum Gasteiger partial charge on any atom is 0.578 e. The number of nitrogen functional groups attached to an aromatic ring is 1. The lowest BCUT2D eigenvalue weighted by molar-refractivity contribution is -0.654. The molecule has 0 saturated carbocycles. The molecule has 0 fully saturated rings. The molecule has 7 heteroatoms. The third kappa shape index (κ3) is 2.44. The van der Waals surface area contributed by atoms with Crippen LogP contribution in [-0.4, -0.2) is 21.6 Å². The highest BCUT2D eigenvalue weighted by Gasteiger charge is 2.76. The van der Waals surface area contributed by atoms with Gasteiger partial charge >= 0.3 is 17.4 Å². The first kappa shape index (κ1) is 19.4. The number of fused-ring (bicyclic) bond motifs is 5. The van der Waals surface area contributed by atoms with Gasteiger partial charge in [0, 0.05) is 23.4 Å². The van der Waals surface area contributed by atoms with Crippen LogP contribution in [0.2, 0.25) is 0 Å². The van der Waals surface area contributed by atoms with Gasteiger partial charge in [-0.15, -0.1) is 0 Å². The van der Waals surface area contributed by atoms with E-state index in [-0.39, 0.29) is 23.1 Å². The van der Waals surface area contributed by atoms with Crippen molar-refractivity contribution in [2.24, 2.45) is 0 Å². The number of hydrogen-bond donors (Lipinski definition) is 3. The minimum Gasteiger partial charge on any atom is -0.451 e. The molecule has 0 spiro atoms. The van der Waals surface area contributed by atoms with Crippen LogP contribution in [0.15, 0.2) is 60.8 Å². The van der Waals surface area contributed by atoms with Crippen molar-refractivity contribution < 1.29 is 29.7 Å². The molecule has 1 aromatic heterocycles. The summed E-state index contributed by atoms with van der Waals surface area (Å²) in [4.78, 5) is 27.8. The number of ketones is 1. The quantitative estimate of drug-likeness (QED) is 0.433. The van der Waals surface area contributed by atoms with E-state index in [1.165, 1.54) is 5.32 Å². The van der Waals surface area contributed by atoms with Gasteiger partial charge in [0.05, 0.1) is 11.1 Å². The van der Waals surface area contributed by atoms with Gasteiger partial charge in [0.1, 0.15) is 5.75 Å². The molecule has 2 unspecified atom stereocenters. The van der Waals surface area contributed by atoms with Gasteiger partial charge < -0.3 is 15.6 Å². The number of benzene rings is 2. The second kappa shape index (κ2) is 6.47. The molecule has 31 heavy (non-hydrogen) atoms. The summed E-state index contributed by atoms with van der Waals surface area (Å²) in [5.41, 5.74) is 7.13. The molecule has 0 radical (unpaired) electrons. The Bertz CT molecular complexity index is 1240. The molecule has 3 aromatic rings. The Kier molecular flexibility index (Phi) is 4.05. The topological polar surface area (TPSA) is 125 Å². The number of rotatable bonds is 3. The average Bonchev–Trinajstić information content (AvgIpc) is 3.12. The number of nitrogens with two attached hydrogens (primary N) is 2. The maximum absolute atomic E-state index is 13.9. The zero-order valence-electron chi connectivity index (χ0n) is 17.2. The molecule has 1 amide bonds. The molecule has 1 aliphatic heterocycles. The lowest BCUT2D eigenvalue weighted by Gasteiger charge is -2.28. The van der Waals surface area contributed by atoms with Gasteiger partial charge in [0.2, 0.25) is 5.78 Å². The predicted molar refractivity (Wildman–Crippen MR) is 113 cm³/mol. The van der Waals surface area contributed by atoms with Gasteiger partial charge in [0.15, 0.2) is 6.20 Å². The van der Waals surface area contributed by atoms with Crippen molar-refractivity contribution in [2.75, 3.05) is 5.73 Å². The number of anilines is 1. The summed E-state index contributed by atoms with van der Waals surface area (Å²) in [6, 6.07) is 15.7. The van der Waals surface area contributed by atoms with Crippen LogP contribution < -0.4 is 20.8 Å². The van der Waals surface area contributed by atoms with Crippen LogP contribution in [-0.2, 0) is 11.3 Å². The molecule has 2 atom stereocenters. The Morgan fingerprint density at radius 3 is 2.68 bits per heavy atom. The highest BCUT2D eigenvalue weighted by Crippen LogP contribution is 2.57. The molecule has 2 heterocycles. The zero-order valence-corrected chi connectivity index (χ0v) is 17.2. The van der Waals surface area contributed by atoms with Crippen LogP contribution in [0.25, 0.3) is 0 Å². The predicted octanol–water partition coefficient (Wildman–Crippen LogP) is 0.950. The minimum atomic E-state index is -2.03. The van der Waals surface area contributed by atoms with Gasteiger partial charge in [-0.05, 0) is 35.7 Å². The second-order valence-corrected chi connectivity index (χ2v) is 8.37. The smallest absolute Gasteiger partial charge is 0.451 e. The SMILES string of the molecule is CC(C)c1ccc2c(c1)OC1(O)c3cccc(N)c3C(=O)C21[NH2+]C(=[OH+])c1cccc[nH+]1. The summed E-state index contributed by atoms with van der Waals surface area (Å²) in [7, 11) is 0. The van der Waals surface area contributed by atoms with Crippen LogP contribution in [0.3, 0.4) is 0 Å². The van der Waals surface area contributed by atoms with E-state index in [9.17, 15) is 14.7 Å². The number of nitrogens with one attached hydrogen (secondary N) is 1. The van der Waals surface area contributed by atoms with E-state index in [2.05, 4.69) is 18.8 Å². The molecule has 156 valence electrons. The number of hydrogen-bond acceptors (Lipinski definition) is 4. The fraction of sp³-hybridized carbons (Fsp3) is 0.208. The standard InChI is InChI=1S/C24H21N3O4/c1-13(2)14-9-10-15-19(12-14)31-24(30)16-6-5-7-17(25)20(16)21(28)23(15,24)27-22(29)18-8-3-4-11-26-18/h3-13,30H,25H2,1-2H3,(H,27,29)/p+3. The van der Waals surface area contributed by atoms with Crippen LogP contribution >= 0.6 is 0 Å². The van der Waals surface area contributed by atoms with E-state index >= 15 is 0 Å². The highest BCUT2D eigenvalue weighted by molar-refractivity contribution is 6.13. The first-order chi connectivity index (χ1) is 14.8. The second-order valence-electron chi connectivity index (χ2n) is 8.37. The summed E-state index contributed by atoms with van der Waals surface area (Å²) in [5, 5.41) is 13.3. The van der Waals surface area contributed by atoms with E-state index in [4.69, 9.17) is 10.5 Å². The van der Waals surface area contributed by atoms with Gasteiger partial charge in [0.25, 0.3) is 5.54 Å². The van der Waals surface area contributed by atoms with Crippen LogP contribution in [0.4, 0.5) is 5.69 Å². The zero-order chi connectivity index (χ0) is 22.0. The normalized spacial score (nSPS) is 23.3. The number of aromatic nitrogens is 1. The van der Waals surface area contributed by atoms with Gasteiger partial charge in [-0.1, -0.05) is 32.0 Å². The van der Waals surface area contributed by atoms with E-state index in [1.54, 1.807) is 48.7 Å². The molecule has 1 aliphatic carbocycles. The largest absolute Gasteiger partial charge is 0.578 e. The molecule has 5 rings (SSSR count). The van der Waals surface area contributed by atoms with Crippen molar-refractivity contribution in [3.05, 3.63) is 88.7 Å². The summed E-state index contributed by atoms with van der Waals surface area (Å²) in [5.74, 6) is -1.97. The number of H-pyrrole nitrogens is 1. The van der Waals surface area contributed by atoms with Crippen LogP contribution in [0, 0.1) is 0 Å². The number of pyridine rings is 1. The van der Waals surface area contributed by atoms with Crippen molar-refractivity contribution in [1.82, 2.24) is 0 Å². The van der Waals surface area contributed by atoms with Crippen molar-refractivity contribution >= 4 is 17.4 Å². The molecule has 2 aromatic carbocycles. The Labute approximate surface area is 178 Å². The molecule has 0 saturated heterocycles. The van der Waals surface area contributed by atoms with Crippen molar-refractivity contribution in [3.63, 3.8) is 0 Å². The van der Waals surface area contributed by atoms with Crippen LogP contribution in [0.1, 0.15) is 52.5 Å². The summed E-state index contributed by atoms with van der Waals surface area (Å²) in [6.07, 6.45) is 1.67. The number of quaternary nitrogens is 1. The third-order valence-corrected chi connectivity index (χ3v) is 6.27. The number of carbonyl (C=O) groups excluding carboxylic acids is 2. The van der Waals surface area contributed by atoms with Gasteiger partial charge in [-0.3, -0.25) is 4.79 Å². The van der Waals surface area contributed by atoms with Crippen LogP contribution in [0.5, 0.6) is 5.75 Å². The lowest BCUT2D eigenvalue weighted by atomic mass is 9.82. The summed E-state index contributed by atoms with van der Waals surface area (Å²) >= 11 is 0. The summed E-state index contributed by atoms with van der Waals surface area (Å²) < 4.78 is 6.11. The molecule has 2 aliphatic rings. The van der Waals surface area contributed by atoms with E-state index in [0.29, 0.717) is 22.6 Å². The number of Topliss-reactive ketones (excluding diaryl/α,β-unsaturated/α-hetero) is 1. The number of carbonyl (C=O) groups is 1. The fourth-order valence-corrected chi connectivity index (χ4v) is 4.65. The third-order valence-electron chi connectivity index (χ3n) is 6.27. The van der Waals surface area contributed by atoms with Gasteiger partial charge in [-0.25, -0.2) is 10.1 Å². The first-order valence-electron chi connectivity index (χ1n) is 10.2. The average molecular weight is 418 g/mol. The van der Waals surface area contributed by atoms with Crippen molar-refractivity contribution in [3.8, 4) is 5.75 Å². The van der Waals surface area contributed by atoms with Gasteiger partial charge in [-0.2, -0.15) is 4.98 Å². The Balaban J connectivity index is 1.74. The number of aliphatic hydroxyl groups is 1. The first-order valence-corrected chi connectivity index (χ1v) is 10.2. The minimum absolute atomic E-state index is 0.178. The number of aromatic amines is 1. The molecule has 0 bridgehead atoms. The number of primary amides is 1. The number of amides is 1. The Morgan fingerprint density at radius 2 is 1.97 bits per heavy atom. The van der Waals surface area contributed by atoms with E-state index < -0.39 is 17.1 Å². The Hall–Kier alpha value is -3.55. The fourth-order valence-electron chi connectivity index (χ4n) is 4.65. The van der Waals surface area contributed by atoms with E-state index in [1.807, 2.05) is 12.1 Å². The summed E-state index contributed by atoms with van der Waals surface area (Å²) in [6.45, 7) is 4.11. The number of ether oxygens (including phenoxy) is 1. The molecular weight excluding hydrogens is 394 g/mol. The van der Waals surface area contributed by atoms with Crippen molar-refractivity contribution in [2.45, 2.75) is 31.1 Å². The Morgan fingerprint density at radius 1 is 1.16 bits per heavy atom. The maximum atomic E-state index is 13.9. The highest BCUT2D eigenvalue weighted by atomic mass is 16.6. The lowest BCUT2D eigenvalue weighted by Crippen LogP contribution is -3.02.